The van der Waals surface area contributed by atoms with Crippen LogP contribution in [0.1, 0.15) is 37.4 Å². The van der Waals surface area contributed by atoms with Gasteiger partial charge in [0.2, 0.25) is 5.91 Å². The van der Waals surface area contributed by atoms with Crippen LogP contribution in [-0.4, -0.2) is 53.1 Å². The molecule has 3 aromatic rings. The van der Waals surface area contributed by atoms with E-state index in [0.717, 1.165) is 11.8 Å². The summed E-state index contributed by atoms with van der Waals surface area (Å²) in [6, 6.07) is 7.19. The van der Waals surface area contributed by atoms with Crippen LogP contribution in [-0.2, 0) is 4.79 Å². The molecule has 1 amide bonds. The lowest BCUT2D eigenvalue weighted by molar-refractivity contribution is -0.129. The third-order valence-corrected chi connectivity index (χ3v) is 6.50. The number of anilines is 2. The third kappa shape index (κ3) is 3.86. The van der Waals surface area contributed by atoms with Gasteiger partial charge in [-0.25, -0.2) is 23.1 Å². The second kappa shape index (κ2) is 8.66. The summed E-state index contributed by atoms with van der Waals surface area (Å²) >= 11 is 0. The minimum atomic E-state index is -2.89. The van der Waals surface area contributed by atoms with Crippen molar-refractivity contribution in [1.82, 2.24) is 14.9 Å². The van der Waals surface area contributed by atoms with Crippen molar-refractivity contribution in [3.8, 4) is 5.75 Å². The number of alkyl halides is 2. The number of halogens is 3. The summed E-state index contributed by atoms with van der Waals surface area (Å²) < 4.78 is 47.0. The molecule has 3 heterocycles. The number of hydrogen-bond donors (Lipinski definition) is 1. The number of fused-ring (bicyclic) bond motifs is 4. The summed E-state index contributed by atoms with van der Waals surface area (Å²) in [6.45, 7) is 5.60. The summed E-state index contributed by atoms with van der Waals surface area (Å²) in [5.74, 6) is 0.286. The zero-order valence-corrected chi connectivity index (χ0v) is 18.8. The lowest BCUT2D eigenvalue weighted by Crippen LogP contribution is -2.58. The van der Waals surface area contributed by atoms with Gasteiger partial charge in [0.1, 0.15) is 30.3 Å². The number of rotatable bonds is 4. The molecule has 1 N–H and O–H groups in total. The van der Waals surface area contributed by atoms with Crippen LogP contribution in [0.3, 0.4) is 0 Å². The molecule has 1 saturated heterocycles. The number of hydrogen-bond acceptors (Lipinski definition) is 6. The average Bonchev–Trinajstić information content (AvgIpc) is 2.82. The van der Waals surface area contributed by atoms with Crippen LogP contribution in [0.4, 0.5) is 24.7 Å². The van der Waals surface area contributed by atoms with Crippen molar-refractivity contribution in [2.24, 2.45) is 0 Å². The van der Waals surface area contributed by atoms with Gasteiger partial charge in [0.05, 0.1) is 28.9 Å². The SMILES string of the molecule is CC(=O)N1CCN2c3cc4c(NC(C)c5cccc(C(F)F)c5F)ncnc4cc3OC[C@H]2C1. The molecule has 5 rings (SSSR count). The number of piperazine rings is 1. The largest absolute Gasteiger partial charge is 0.489 e. The van der Waals surface area contributed by atoms with Crippen molar-refractivity contribution in [2.75, 3.05) is 36.5 Å². The number of benzene rings is 2. The van der Waals surface area contributed by atoms with Gasteiger partial charge in [0.25, 0.3) is 6.43 Å². The molecule has 0 saturated carbocycles. The predicted octanol–water partition coefficient (Wildman–Crippen LogP) is 4.31. The van der Waals surface area contributed by atoms with E-state index in [1.165, 1.54) is 18.5 Å². The first kappa shape index (κ1) is 22.2. The minimum Gasteiger partial charge on any atom is -0.489 e. The zero-order chi connectivity index (χ0) is 24.0. The van der Waals surface area contributed by atoms with E-state index in [0.29, 0.717) is 48.7 Å². The molecule has 0 spiro atoms. The van der Waals surface area contributed by atoms with Gasteiger partial charge in [-0.15, -0.1) is 0 Å². The fourth-order valence-corrected chi connectivity index (χ4v) is 4.67. The van der Waals surface area contributed by atoms with Crippen molar-refractivity contribution in [3.05, 3.63) is 53.6 Å². The maximum Gasteiger partial charge on any atom is 0.266 e. The van der Waals surface area contributed by atoms with Crippen molar-refractivity contribution < 1.29 is 22.7 Å². The molecular formula is C24H24F3N5O2. The van der Waals surface area contributed by atoms with Crippen LogP contribution in [0.2, 0.25) is 0 Å². The molecule has 0 radical (unpaired) electrons. The van der Waals surface area contributed by atoms with Crippen LogP contribution in [0, 0.1) is 5.82 Å². The van der Waals surface area contributed by atoms with Crippen molar-refractivity contribution in [1.29, 1.82) is 0 Å². The van der Waals surface area contributed by atoms with Gasteiger partial charge in [-0.3, -0.25) is 4.79 Å². The Kier molecular flexibility index (Phi) is 5.66. The van der Waals surface area contributed by atoms with E-state index in [-0.39, 0.29) is 17.5 Å². The van der Waals surface area contributed by atoms with Crippen molar-refractivity contribution in [3.63, 3.8) is 0 Å². The van der Waals surface area contributed by atoms with Gasteiger partial charge < -0.3 is 19.9 Å². The van der Waals surface area contributed by atoms with E-state index in [9.17, 15) is 18.0 Å². The lowest BCUT2D eigenvalue weighted by Gasteiger charge is -2.45. The highest BCUT2D eigenvalue weighted by molar-refractivity contribution is 5.94. The quantitative estimate of drug-likeness (QED) is 0.612. The van der Waals surface area contributed by atoms with Gasteiger partial charge in [0, 0.05) is 43.6 Å². The van der Waals surface area contributed by atoms with Crippen LogP contribution in [0.25, 0.3) is 10.9 Å². The van der Waals surface area contributed by atoms with Crippen LogP contribution < -0.4 is 15.0 Å². The number of carbonyl (C=O) groups is 1. The standard InChI is InChI=1S/C24H24F3N5O2/c1-13(16-4-3-5-17(22(16)25)23(26)27)30-24-18-8-20-21(9-19(18)28-12-29-24)34-11-15-10-31(14(2)33)6-7-32(15)20/h3-5,8-9,12-13,15,23H,6-7,10-11H2,1-2H3,(H,28,29,30)/t13?,15-/m1/s1. The molecular weight excluding hydrogens is 447 g/mol. The number of carbonyl (C=O) groups excluding carboxylic acids is 1. The molecule has 2 aliphatic heterocycles. The van der Waals surface area contributed by atoms with E-state index in [1.54, 1.807) is 13.8 Å². The molecule has 2 atom stereocenters. The molecule has 178 valence electrons. The summed E-state index contributed by atoms with van der Waals surface area (Å²) in [5.41, 5.74) is 1.03. The van der Waals surface area contributed by atoms with Crippen molar-refractivity contribution in [2.45, 2.75) is 32.4 Å². The molecule has 1 fully saturated rings. The molecule has 1 aromatic heterocycles. The zero-order valence-electron chi connectivity index (χ0n) is 18.8. The Morgan fingerprint density at radius 3 is 2.76 bits per heavy atom. The Morgan fingerprint density at radius 2 is 2.00 bits per heavy atom. The van der Waals surface area contributed by atoms with E-state index in [2.05, 4.69) is 20.2 Å². The number of nitrogens with one attached hydrogen (secondary N) is 1. The fraction of sp³-hybridized carbons (Fsp3) is 0.375. The summed E-state index contributed by atoms with van der Waals surface area (Å²) in [5, 5.41) is 3.87. The Hall–Kier alpha value is -3.56. The number of ether oxygens (including phenoxy) is 1. The van der Waals surface area contributed by atoms with E-state index < -0.39 is 23.8 Å². The molecule has 34 heavy (non-hydrogen) atoms. The average molecular weight is 471 g/mol. The molecule has 10 heteroatoms. The normalized spacial score (nSPS) is 18.4. The highest BCUT2D eigenvalue weighted by atomic mass is 19.3. The Balaban J connectivity index is 1.48. The first-order valence-electron chi connectivity index (χ1n) is 11.1. The molecule has 0 aliphatic carbocycles. The highest BCUT2D eigenvalue weighted by Crippen LogP contribution is 2.40. The second-order valence-electron chi connectivity index (χ2n) is 8.60. The van der Waals surface area contributed by atoms with Crippen molar-refractivity contribution >= 4 is 28.3 Å². The smallest absolute Gasteiger partial charge is 0.266 e. The van der Waals surface area contributed by atoms with Gasteiger partial charge >= 0.3 is 0 Å². The Morgan fingerprint density at radius 1 is 1.21 bits per heavy atom. The maximum atomic E-state index is 14.7. The Labute approximate surface area is 194 Å². The van der Waals surface area contributed by atoms with E-state index in [4.69, 9.17) is 4.74 Å². The number of amides is 1. The predicted molar refractivity (Wildman–Crippen MR) is 122 cm³/mol. The maximum absolute atomic E-state index is 14.7. The molecule has 1 unspecified atom stereocenters. The summed E-state index contributed by atoms with van der Waals surface area (Å²) in [6.07, 6.45) is -1.50. The van der Waals surface area contributed by atoms with Crippen LogP contribution in [0.15, 0.2) is 36.7 Å². The molecule has 2 aliphatic rings. The fourth-order valence-electron chi connectivity index (χ4n) is 4.67. The molecule has 2 aromatic carbocycles. The van der Waals surface area contributed by atoms with Crippen LogP contribution in [0.5, 0.6) is 5.75 Å². The minimum absolute atomic E-state index is 0.0359. The van der Waals surface area contributed by atoms with Gasteiger partial charge in [0.15, 0.2) is 0 Å². The van der Waals surface area contributed by atoms with E-state index in [1.807, 2.05) is 17.0 Å². The second-order valence-corrected chi connectivity index (χ2v) is 8.60. The van der Waals surface area contributed by atoms with E-state index >= 15 is 0 Å². The number of aromatic nitrogens is 2. The molecule has 7 nitrogen and oxygen atoms in total. The number of nitrogens with zero attached hydrogens (tertiary/aromatic N) is 4. The Bertz CT molecular complexity index is 1250. The first-order valence-corrected chi connectivity index (χ1v) is 11.1. The van der Waals surface area contributed by atoms with Gasteiger partial charge in [-0.05, 0) is 13.0 Å². The first-order chi connectivity index (χ1) is 16.3. The van der Waals surface area contributed by atoms with Gasteiger partial charge in [-0.2, -0.15) is 0 Å². The van der Waals surface area contributed by atoms with Crippen LogP contribution >= 0.6 is 0 Å². The highest BCUT2D eigenvalue weighted by Gasteiger charge is 2.34. The third-order valence-electron chi connectivity index (χ3n) is 6.50. The summed E-state index contributed by atoms with van der Waals surface area (Å²) in [4.78, 5) is 24.5. The molecule has 0 bridgehead atoms. The lowest BCUT2D eigenvalue weighted by atomic mass is 10.0. The topological polar surface area (TPSA) is 70.6 Å². The summed E-state index contributed by atoms with van der Waals surface area (Å²) in [7, 11) is 0. The van der Waals surface area contributed by atoms with Gasteiger partial charge in [-0.1, -0.05) is 18.2 Å². The monoisotopic (exact) mass is 471 g/mol.